The summed E-state index contributed by atoms with van der Waals surface area (Å²) in [7, 11) is 0. The minimum atomic E-state index is -4.43. The van der Waals surface area contributed by atoms with E-state index in [2.05, 4.69) is 22.5 Å². The van der Waals surface area contributed by atoms with Crippen LogP contribution in [-0.4, -0.2) is 25.0 Å². The molecule has 3 rings (SSSR count). The Bertz CT molecular complexity index is 991. The number of anilines is 1. The number of amides is 2. The highest BCUT2D eigenvalue weighted by Crippen LogP contribution is 2.29. The summed E-state index contributed by atoms with van der Waals surface area (Å²) in [5.41, 5.74) is 1.12. The molecule has 29 heavy (non-hydrogen) atoms. The molecule has 0 atom stereocenters. The molecule has 0 spiro atoms. The fraction of sp³-hybridized carbons (Fsp3) is 0.238. The van der Waals surface area contributed by atoms with Crippen molar-refractivity contribution < 1.29 is 27.5 Å². The Labute approximate surface area is 165 Å². The second-order valence-corrected chi connectivity index (χ2v) is 6.31. The van der Waals surface area contributed by atoms with Crippen molar-refractivity contribution in [3.05, 3.63) is 59.2 Å². The predicted octanol–water partition coefficient (Wildman–Crippen LogP) is 3.14. The average molecular weight is 402 g/mol. The van der Waals surface area contributed by atoms with Crippen molar-refractivity contribution in [2.75, 3.05) is 18.5 Å². The van der Waals surface area contributed by atoms with Gasteiger partial charge >= 0.3 is 6.18 Å². The third-order valence-electron chi connectivity index (χ3n) is 4.14. The minimum absolute atomic E-state index is 0.0192. The van der Waals surface area contributed by atoms with Gasteiger partial charge in [-0.3, -0.25) is 9.59 Å². The van der Waals surface area contributed by atoms with Crippen LogP contribution in [0.5, 0.6) is 5.75 Å². The maximum Gasteiger partial charge on any atom is 0.416 e. The highest BCUT2D eigenvalue weighted by Gasteiger charge is 2.30. The molecule has 5 nitrogen and oxygen atoms in total. The van der Waals surface area contributed by atoms with E-state index in [1.165, 1.54) is 12.1 Å². The van der Waals surface area contributed by atoms with Crippen LogP contribution in [0, 0.1) is 11.8 Å². The van der Waals surface area contributed by atoms with Crippen LogP contribution < -0.4 is 15.4 Å². The van der Waals surface area contributed by atoms with Gasteiger partial charge in [0.25, 0.3) is 5.91 Å². The van der Waals surface area contributed by atoms with Gasteiger partial charge in [0.1, 0.15) is 5.75 Å². The number of hydrogen-bond donors (Lipinski definition) is 2. The van der Waals surface area contributed by atoms with Crippen LogP contribution in [0.4, 0.5) is 18.9 Å². The quantitative estimate of drug-likeness (QED) is 0.773. The van der Waals surface area contributed by atoms with Crippen molar-refractivity contribution in [3.63, 3.8) is 0 Å². The van der Waals surface area contributed by atoms with Crippen LogP contribution in [0.1, 0.15) is 23.1 Å². The first-order valence-corrected chi connectivity index (χ1v) is 8.80. The third-order valence-corrected chi connectivity index (χ3v) is 4.14. The topological polar surface area (TPSA) is 67.4 Å². The number of benzene rings is 2. The Kier molecular flexibility index (Phi) is 6.07. The van der Waals surface area contributed by atoms with Crippen LogP contribution in [-0.2, 0) is 22.2 Å². The Balaban J connectivity index is 1.47. The molecule has 1 aliphatic rings. The predicted molar refractivity (Wildman–Crippen MR) is 100 cm³/mol. The van der Waals surface area contributed by atoms with E-state index in [4.69, 9.17) is 4.74 Å². The van der Waals surface area contributed by atoms with E-state index in [0.717, 1.165) is 23.4 Å². The molecule has 2 aromatic carbocycles. The number of hydrogen-bond acceptors (Lipinski definition) is 3. The number of halogens is 3. The lowest BCUT2D eigenvalue weighted by atomic mass is 10.0. The zero-order chi connectivity index (χ0) is 20.9. The van der Waals surface area contributed by atoms with Crippen molar-refractivity contribution in [1.82, 2.24) is 5.32 Å². The van der Waals surface area contributed by atoms with Gasteiger partial charge in [0.2, 0.25) is 5.91 Å². The highest BCUT2D eigenvalue weighted by atomic mass is 19.4. The SMILES string of the molecule is O=C(COc1ccc2c(c1)CCC(=O)N2)NCC#Cc1cccc(C(F)(F)F)c1. The first-order valence-electron chi connectivity index (χ1n) is 8.80. The van der Waals surface area contributed by atoms with Crippen molar-refractivity contribution in [2.45, 2.75) is 19.0 Å². The zero-order valence-electron chi connectivity index (χ0n) is 15.2. The maximum atomic E-state index is 12.7. The van der Waals surface area contributed by atoms with Crippen LogP contribution >= 0.6 is 0 Å². The molecule has 8 heteroatoms. The molecule has 1 heterocycles. The second-order valence-electron chi connectivity index (χ2n) is 6.31. The molecule has 2 aromatic rings. The average Bonchev–Trinajstić information content (AvgIpc) is 2.69. The van der Waals surface area contributed by atoms with Gasteiger partial charge in [-0.25, -0.2) is 0 Å². The normalized spacial score (nSPS) is 12.9. The molecular formula is C21H17F3N2O3. The number of carbonyl (C=O) groups is 2. The Hall–Kier alpha value is -3.47. The number of aryl methyl sites for hydroxylation is 1. The maximum absolute atomic E-state index is 12.7. The molecule has 0 bridgehead atoms. The lowest BCUT2D eigenvalue weighted by Gasteiger charge is -2.17. The summed E-state index contributed by atoms with van der Waals surface area (Å²) in [4.78, 5) is 23.2. The summed E-state index contributed by atoms with van der Waals surface area (Å²) >= 11 is 0. The number of carbonyl (C=O) groups excluding carboxylic acids is 2. The lowest BCUT2D eigenvalue weighted by molar-refractivity contribution is -0.137. The zero-order valence-corrected chi connectivity index (χ0v) is 15.2. The smallest absolute Gasteiger partial charge is 0.416 e. The molecular weight excluding hydrogens is 385 g/mol. The van der Waals surface area contributed by atoms with E-state index in [-0.39, 0.29) is 24.6 Å². The number of alkyl halides is 3. The first-order chi connectivity index (χ1) is 13.8. The van der Waals surface area contributed by atoms with Gasteiger partial charge in [-0.15, -0.1) is 0 Å². The molecule has 0 fully saturated rings. The van der Waals surface area contributed by atoms with E-state index >= 15 is 0 Å². The monoisotopic (exact) mass is 402 g/mol. The fourth-order valence-electron chi connectivity index (χ4n) is 2.71. The number of rotatable bonds is 4. The third kappa shape index (κ3) is 5.75. The summed E-state index contributed by atoms with van der Waals surface area (Å²) in [6, 6.07) is 9.82. The molecule has 0 aromatic heterocycles. The Morgan fingerprint density at radius 3 is 2.79 bits per heavy atom. The van der Waals surface area contributed by atoms with E-state index < -0.39 is 17.6 Å². The van der Waals surface area contributed by atoms with E-state index in [1.807, 2.05) is 0 Å². The van der Waals surface area contributed by atoms with E-state index in [9.17, 15) is 22.8 Å². The van der Waals surface area contributed by atoms with Crippen molar-refractivity contribution in [1.29, 1.82) is 0 Å². The fourth-order valence-corrected chi connectivity index (χ4v) is 2.71. The van der Waals surface area contributed by atoms with E-state index in [0.29, 0.717) is 18.6 Å². The Morgan fingerprint density at radius 1 is 1.17 bits per heavy atom. The van der Waals surface area contributed by atoms with Crippen molar-refractivity contribution >= 4 is 17.5 Å². The summed E-state index contributed by atoms with van der Waals surface area (Å²) in [5, 5.41) is 5.28. The van der Waals surface area contributed by atoms with Crippen LogP contribution in [0.3, 0.4) is 0 Å². The largest absolute Gasteiger partial charge is 0.484 e. The second kappa shape index (κ2) is 8.69. The molecule has 2 amide bonds. The van der Waals surface area contributed by atoms with Gasteiger partial charge in [-0.2, -0.15) is 13.2 Å². The molecule has 2 N–H and O–H groups in total. The standard InChI is InChI=1S/C21H17F3N2O3/c22-21(23,24)16-5-1-3-14(11-16)4-2-10-25-20(28)13-29-17-7-8-18-15(12-17)6-9-19(27)26-18/h1,3,5,7-8,11-12H,6,9-10,13H2,(H,25,28)(H,26,27). The molecule has 1 aliphatic heterocycles. The van der Waals surface area contributed by atoms with Crippen molar-refractivity contribution in [3.8, 4) is 17.6 Å². The first kappa shape index (κ1) is 20.3. The van der Waals surface area contributed by atoms with Gasteiger partial charge in [0.15, 0.2) is 6.61 Å². The Morgan fingerprint density at radius 2 is 2.00 bits per heavy atom. The summed E-state index contributed by atoms with van der Waals surface area (Å²) in [6.07, 6.45) is -3.41. The van der Waals surface area contributed by atoms with Crippen LogP contribution in [0.15, 0.2) is 42.5 Å². The number of fused-ring (bicyclic) bond motifs is 1. The van der Waals surface area contributed by atoms with Gasteiger partial charge in [0, 0.05) is 17.7 Å². The molecule has 0 aliphatic carbocycles. The number of nitrogens with one attached hydrogen (secondary N) is 2. The highest BCUT2D eigenvalue weighted by molar-refractivity contribution is 5.94. The molecule has 0 saturated heterocycles. The van der Waals surface area contributed by atoms with Gasteiger partial charge in [-0.1, -0.05) is 17.9 Å². The van der Waals surface area contributed by atoms with Crippen LogP contribution in [0.2, 0.25) is 0 Å². The summed E-state index contributed by atoms with van der Waals surface area (Å²) < 4.78 is 43.4. The molecule has 150 valence electrons. The van der Waals surface area contributed by atoms with E-state index in [1.54, 1.807) is 18.2 Å². The van der Waals surface area contributed by atoms with Gasteiger partial charge in [-0.05, 0) is 48.4 Å². The van der Waals surface area contributed by atoms with Crippen molar-refractivity contribution in [2.24, 2.45) is 0 Å². The summed E-state index contributed by atoms with van der Waals surface area (Å²) in [5.74, 6) is 5.26. The lowest BCUT2D eigenvalue weighted by Crippen LogP contribution is -2.29. The van der Waals surface area contributed by atoms with Crippen LogP contribution in [0.25, 0.3) is 0 Å². The molecule has 0 saturated carbocycles. The van der Waals surface area contributed by atoms with Gasteiger partial charge < -0.3 is 15.4 Å². The molecule has 0 radical (unpaired) electrons. The van der Waals surface area contributed by atoms with Gasteiger partial charge in [0.05, 0.1) is 12.1 Å². The molecule has 0 unspecified atom stereocenters. The minimum Gasteiger partial charge on any atom is -0.484 e. The number of ether oxygens (including phenoxy) is 1. The summed E-state index contributed by atoms with van der Waals surface area (Å²) in [6.45, 7) is -0.245.